The molecule has 0 unspecified atom stereocenters. The second kappa shape index (κ2) is 8.02. The zero-order chi connectivity index (χ0) is 19.5. The van der Waals surface area contributed by atoms with Crippen molar-refractivity contribution in [2.24, 2.45) is 10.9 Å². The van der Waals surface area contributed by atoms with Crippen molar-refractivity contribution in [3.63, 3.8) is 0 Å². The molecule has 3 N–H and O–H groups in total. The molecule has 0 atom stereocenters. The maximum Gasteiger partial charge on any atom is 0.198 e. The van der Waals surface area contributed by atoms with E-state index in [0.717, 1.165) is 49.5 Å². The number of aryl methyl sites for hydroxylation is 1. The first kappa shape index (κ1) is 18.5. The van der Waals surface area contributed by atoms with Crippen LogP contribution in [0.1, 0.15) is 24.0 Å². The first-order valence-corrected chi connectivity index (χ1v) is 9.57. The van der Waals surface area contributed by atoms with Gasteiger partial charge in [-0.15, -0.1) is 0 Å². The van der Waals surface area contributed by atoms with Crippen LogP contribution in [0.15, 0.2) is 41.4 Å². The fraction of sp³-hybridized carbons (Fsp3) is 0.318. The molecule has 5 nitrogen and oxygen atoms in total. The Labute approximate surface area is 163 Å². The van der Waals surface area contributed by atoms with Gasteiger partial charge in [-0.05, 0) is 61.6 Å². The number of aliphatic imine (C=N–C) groups is 1. The number of anilines is 1. The number of nitrogens with zero attached hydrogens (tertiary/aromatic N) is 1. The summed E-state index contributed by atoms with van der Waals surface area (Å²) in [7, 11) is 0. The summed E-state index contributed by atoms with van der Waals surface area (Å²) in [6.07, 6.45) is 3.69. The Morgan fingerprint density at radius 1 is 1.29 bits per heavy atom. The van der Waals surface area contributed by atoms with Crippen LogP contribution in [0.4, 0.5) is 15.8 Å². The van der Waals surface area contributed by atoms with Crippen LogP contribution in [-0.4, -0.2) is 36.1 Å². The Balaban J connectivity index is 1.50. The molecule has 0 radical (unpaired) electrons. The summed E-state index contributed by atoms with van der Waals surface area (Å²) in [5.74, 6) is 0.167. The largest absolute Gasteiger partial charge is 0.494 e. The zero-order valence-electron chi connectivity index (χ0n) is 15.8. The number of H-pyrrole nitrogens is 1. The molecule has 0 bridgehead atoms. The quantitative estimate of drug-likeness (QED) is 0.550. The number of aromatic nitrogens is 1. The number of aromatic hydroxyl groups is 1. The van der Waals surface area contributed by atoms with Crippen LogP contribution in [0.5, 0.6) is 5.88 Å². The van der Waals surface area contributed by atoms with E-state index in [4.69, 9.17) is 4.74 Å². The summed E-state index contributed by atoms with van der Waals surface area (Å²) >= 11 is 0. The monoisotopic (exact) mass is 381 g/mol. The van der Waals surface area contributed by atoms with E-state index in [1.165, 1.54) is 12.3 Å². The number of benzene rings is 2. The maximum absolute atomic E-state index is 14.1. The topological polar surface area (TPSA) is 69.6 Å². The highest BCUT2D eigenvalue weighted by Gasteiger charge is 2.14. The number of hydrogen-bond donors (Lipinski definition) is 3. The van der Waals surface area contributed by atoms with Crippen molar-refractivity contribution in [2.45, 2.75) is 19.8 Å². The smallest absolute Gasteiger partial charge is 0.198 e. The molecule has 3 aromatic rings. The number of rotatable bonds is 5. The molecule has 4 rings (SSSR count). The van der Waals surface area contributed by atoms with E-state index in [0.29, 0.717) is 22.4 Å². The highest BCUT2D eigenvalue weighted by Crippen LogP contribution is 2.29. The molecule has 1 aliphatic rings. The summed E-state index contributed by atoms with van der Waals surface area (Å²) in [5.41, 5.74) is 3.83. The number of halogens is 1. The highest BCUT2D eigenvalue weighted by molar-refractivity contribution is 6.02. The number of hydrogen-bond acceptors (Lipinski definition) is 4. The van der Waals surface area contributed by atoms with Crippen molar-refractivity contribution in [2.75, 3.05) is 25.1 Å². The minimum Gasteiger partial charge on any atom is -0.494 e. The standard InChI is InChI=1S/C22H24FN3O2/c1-14-11-16(5-6-19(14)25-12-15-7-9-28-10-8-15)24-13-17-21-18(23)3-2-4-20(21)26-22(17)27/h2-6,11,13,15,25-27H,7-10,12H2,1H3. The van der Waals surface area contributed by atoms with Gasteiger partial charge in [0.1, 0.15) is 5.82 Å². The van der Waals surface area contributed by atoms with E-state index in [1.54, 1.807) is 12.1 Å². The van der Waals surface area contributed by atoms with Gasteiger partial charge in [0.2, 0.25) is 0 Å². The average Bonchev–Trinajstić information content (AvgIpc) is 3.03. The number of fused-ring (bicyclic) bond motifs is 1. The lowest BCUT2D eigenvalue weighted by Gasteiger charge is -2.23. The Kier molecular flexibility index (Phi) is 5.30. The summed E-state index contributed by atoms with van der Waals surface area (Å²) in [4.78, 5) is 7.21. The van der Waals surface area contributed by atoms with Gasteiger partial charge in [0.25, 0.3) is 0 Å². The van der Waals surface area contributed by atoms with Crippen molar-refractivity contribution in [1.82, 2.24) is 4.98 Å². The van der Waals surface area contributed by atoms with E-state index in [2.05, 4.69) is 15.3 Å². The van der Waals surface area contributed by atoms with Crippen molar-refractivity contribution in [1.29, 1.82) is 0 Å². The molecule has 1 aromatic heterocycles. The third kappa shape index (κ3) is 3.87. The maximum atomic E-state index is 14.1. The summed E-state index contributed by atoms with van der Waals surface area (Å²) in [6.45, 7) is 4.67. The van der Waals surface area contributed by atoms with Gasteiger partial charge in [0.15, 0.2) is 5.88 Å². The van der Waals surface area contributed by atoms with E-state index >= 15 is 0 Å². The minimum absolute atomic E-state index is 0.0877. The van der Waals surface area contributed by atoms with Gasteiger partial charge in [-0.2, -0.15) is 0 Å². The second-order valence-electron chi connectivity index (χ2n) is 7.24. The normalized spacial score (nSPS) is 15.5. The molecule has 0 spiro atoms. The Bertz CT molecular complexity index is 1010. The van der Waals surface area contributed by atoms with E-state index in [9.17, 15) is 9.50 Å². The Morgan fingerprint density at radius 2 is 2.11 bits per heavy atom. The molecular formula is C22H24FN3O2. The van der Waals surface area contributed by atoms with Gasteiger partial charge in [0, 0.05) is 37.0 Å². The van der Waals surface area contributed by atoms with Crippen molar-refractivity contribution in [3.05, 3.63) is 53.3 Å². The lowest BCUT2D eigenvalue weighted by atomic mass is 10.00. The van der Waals surface area contributed by atoms with Crippen molar-refractivity contribution >= 4 is 28.5 Å². The van der Waals surface area contributed by atoms with Gasteiger partial charge >= 0.3 is 0 Å². The van der Waals surface area contributed by atoms with Crippen LogP contribution in [0.3, 0.4) is 0 Å². The first-order chi connectivity index (χ1) is 13.6. The highest BCUT2D eigenvalue weighted by atomic mass is 19.1. The van der Waals surface area contributed by atoms with Gasteiger partial charge in [-0.25, -0.2) is 4.39 Å². The summed E-state index contributed by atoms with van der Waals surface area (Å²) in [5, 5.41) is 14.0. The van der Waals surface area contributed by atoms with Crippen molar-refractivity contribution < 1.29 is 14.2 Å². The molecule has 1 aliphatic heterocycles. The molecule has 146 valence electrons. The van der Waals surface area contributed by atoms with Crippen LogP contribution in [0.2, 0.25) is 0 Å². The minimum atomic E-state index is -0.389. The number of nitrogens with one attached hydrogen (secondary N) is 2. The van der Waals surface area contributed by atoms with Crippen LogP contribution in [-0.2, 0) is 4.74 Å². The lowest BCUT2D eigenvalue weighted by Crippen LogP contribution is -2.22. The molecule has 1 fully saturated rings. The molecular weight excluding hydrogens is 357 g/mol. The number of aromatic amines is 1. The van der Waals surface area contributed by atoms with Crippen LogP contribution in [0.25, 0.3) is 10.9 Å². The van der Waals surface area contributed by atoms with E-state index in [-0.39, 0.29) is 11.7 Å². The van der Waals surface area contributed by atoms with Gasteiger partial charge in [-0.1, -0.05) is 6.07 Å². The predicted molar refractivity (Wildman–Crippen MR) is 110 cm³/mol. The third-order valence-electron chi connectivity index (χ3n) is 5.27. The Hall–Kier alpha value is -2.86. The SMILES string of the molecule is Cc1cc(N=Cc2c(O)[nH]c3cccc(F)c23)ccc1NCC1CCOCC1. The van der Waals surface area contributed by atoms with Crippen LogP contribution >= 0.6 is 0 Å². The Morgan fingerprint density at radius 3 is 2.89 bits per heavy atom. The average molecular weight is 381 g/mol. The second-order valence-corrected chi connectivity index (χ2v) is 7.24. The van der Waals surface area contributed by atoms with Crippen LogP contribution < -0.4 is 5.32 Å². The fourth-order valence-electron chi connectivity index (χ4n) is 3.61. The van der Waals surface area contributed by atoms with E-state index < -0.39 is 0 Å². The zero-order valence-corrected chi connectivity index (χ0v) is 15.8. The summed E-state index contributed by atoms with van der Waals surface area (Å²) < 4.78 is 19.5. The van der Waals surface area contributed by atoms with Crippen LogP contribution in [0, 0.1) is 18.7 Å². The van der Waals surface area contributed by atoms with Gasteiger partial charge < -0.3 is 20.1 Å². The van der Waals surface area contributed by atoms with Gasteiger partial charge in [0.05, 0.1) is 16.8 Å². The fourth-order valence-corrected chi connectivity index (χ4v) is 3.61. The molecule has 0 amide bonds. The lowest BCUT2D eigenvalue weighted by molar-refractivity contribution is 0.0699. The molecule has 2 heterocycles. The molecule has 28 heavy (non-hydrogen) atoms. The summed E-state index contributed by atoms with van der Waals surface area (Å²) in [6, 6.07) is 10.6. The predicted octanol–water partition coefficient (Wildman–Crippen LogP) is 4.91. The molecule has 0 aliphatic carbocycles. The molecule has 6 heteroatoms. The molecule has 0 saturated carbocycles. The van der Waals surface area contributed by atoms with Crippen molar-refractivity contribution in [3.8, 4) is 5.88 Å². The molecule has 2 aromatic carbocycles. The van der Waals surface area contributed by atoms with E-state index in [1.807, 2.05) is 25.1 Å². The third-order valence-corrected chi connectivity index (χ3v) is 5.27. The van der Waals surface area contributed by atoms with Gasteiger partial charge in [-0.3, -0.25) is 4.99 Å². The first-order valence-electron chi connectivity index (χ1n) is 9.57. The number of ether oxygens (including phenoxy) is 1. The molecule has 1 saturated heterocycles.